The Bertz CT molecular complexity index is 365. The largest absolute Gasteiger partial charge is 0.463 e. The van der Waals surface area contributed by atoms with Gasteiger partial charge in [-0.1, -0.05) is 6.58 Å². The Morgan fingerprint density at radius 3 is 2.56 bits per heavy atom. The molecule has 88 valence electrons. The second-order valence-corrected chi connectivity index (χ2v) is 3.73. The van der Waals surface area contributed by atoms with Gasteiger partial charge in [0.1, 0.15) is 6.10 Å². The molecule has 4 nitrogen and oxygen atoms in total. The Labute approximate surface area is 94.9 Å². The summed E-state index contributed by atoms with van der Waals surface area (Å²) in [5.41, 5.74) is 1.80. The molecule has 1 unspecified atom stereocenters. The zero-order valence-corrected chi connectivity index (χ0v) is 9.83. The van der Waals surface area contributed by atoms with Crippen molar-refractivity contribution in [3.8, 4) is 0 Å². The smallest absolute Gasteiger partial charge is 0.334 e. The molecule has 0 saturated heterocycles. The topological polar surface area (TPSA) is 52.6 Å². The number of rotatable bonds is 4. The molecule has 0 amide bonds. The summed E-state index contributed by atoms with van der Waals surface area (Å²) in [6, 6.07) is 0. The molecular weight excluding hydrogens is 208 g/mol. The molecule has 0 aliphatic carbocycles. The van der Waals surface area contributed by atoms with E-state index in [1.165, 1.54) is 0 Å². The summed E-state index contributed by atoms with van der Waals surface area (Å²) in [7, 11) is 0. The second kappa shape index (κ2) is 4.96. The van der Waals surface area contributed by atoms with E-state index in [4.69, 9.17) is 9.47 Å². The van der Waals surface area contributed by atoms with Crippen LogP contribution in [0, 0.1) is 0 Å². The van der Waals surface area contributed by atoms with Crippen LogP contribution in [0.2, 0.25) is 0 Å². The SMILES string of the molecule is C=C(CC1OC(=O)C(C)=C1C)C(=O)OCC. The van der Waals surface area contributed by atoms with Crippen LogP contribution in [0.3, 0.4) is 0 Å². The predicted octanol–water partition coefficient (Wildman–Crippen LogP) is 1.76. The van der Waals surface area contributed by atoms with Crippen LogP contribution in [0.25, 0.3) is 0 Å². The lowest BCUT2D eigenvalue weighted by atomic mass is 10.0. The summed E-state index contributed by atoms with van der Waals surface area (Å²) in [6.07, 6.45) is -0.0716. The molecule has 1 aliphatic heterocycles. The van der Waals surface area contributed by atoms with Crippen molar-refractivity contribution in [1.29, 1.82) is 0 Å². The van der Waals surface area contributed by atoms with Crippen LogP contribution in [-0.4, -0.2) is 24.6 Å². The van der Waals surface area contributed by atoms with E-state index in [2.05, 4.69) is 6.58 Å². The third-order valence-corrected chi connectivity index (χ3v) is 2.63. The van der Waals surface area contributed by atoms with Gasteiger partial charge in [0.15, 0.2) is 0 Å². The molecule has 16 heavy (non-hydrogen) atoms. The van der Waals surface area contributed by atoms with E-state index >= 15 is 0 Å². The van der Waals surface area contributed by atoms with Crippen molar-refractivity contribution in [3.63, 3.8) is 0 Å². The molecule has 1 heterocycles. The zero-order chi connectivity index (χ0) is 12.3. The quantitative estimate of drug-likeness (QED) is 0.539. The minimum atomic E-state index is -0.434. The maximum absolute atomic E-state index is 11.3. The number of cyclic esters (lactones) is 1. The average Bonchev–Trinajstić information content (AvgIpc) is 2.47. The fraction of sp³-hybridized carbons (Fsp3) is 0.500. The van der Waals surface area contributed by atoms with Gasteiger partial charge in [0.05, 0.1) is 6.61 Å². The van der Waals surface area contributed by atoms with Gasteiger partial charge in [-0.05, 0) is 26.3 Å². The fourth-order valence-electron chi connectivity index (χ4n) is 1.44. The van der Waals surface area contributed by atoms with Crippen LogP contribution in [0.4, 0.5) is 0 Å². The highest BCUT2D eigenvalue weighted by atomic mass is 16.6. The highest BCUT2D eigenvalue weighted by Gasteiger charge is 2.29. The highest BCUT2D eigenvalue weighted by Crippen LogP contribution is 2.26. The van der Waals surface area contributed by atoms with Crippen LogP contribution in [0.15, 0.2) is 23.3 Å². The number of ether oxygens (including phenoxy) is 2. The molecule has 0 spiro atoms. The monoisotopic (exact) mass is 224 g/mol. The summed E-state index contributed by atoms with van der Waals surface area (Å²) in [5, 5.41) is 0. The summed E-state index contributed by atoms with van der Waals surface area (Å²) in [5.74, 6) is -0.755. The van der Waals surface area contributed by atoms with Gasteiger partial charge in [-0.25, -0.2) is 9.59 Å². The van der Waals surface area contributed by atoms with Gasteiger partial charge in [0.2, 0.25) is 0 Å². The standard InChI is InChI=1S/C12H16O4/c1-5-15-11(13)7(2)6-10-8(3)9(4)12(14)16-10/h10H,2,5-6H2,1,3-4H3. The van der Waals surface area contributed by atoms with Gasteiger partial charge < -0.3 is 9.47 Å². The first kappa shape index (κ1) is 12.5. The maximum Gasteiger partial charge on any atom is 0.334 e. The summed E-state index contributed by atoms with van der Waals surface area (Å²) >= 11 is 0. The molecule has 0 radical (unpaired) electrons. The Morgan fingerprint density at radius 1 is 1.50 bits per heavy atom. The zero-order valence-electron chi connectivity index (χ0n) is 9.83. The van der Waals surface area contributed by atoms with Crippen molar-refractivity contribution in [2.45, 2.75) is 33.3 Å². The van der Waals surface area contributed by atoms with Gasteiger partial charge in [0.25, 0.3) is 0 Å². The second-order valence-electron chi connectivity index (χ2n) is 3.73. The number of esters is 2. The Balaban J connectivity index is 2.61. The van der Waals surface area contributed by atoms with E-state index in [9.17, 15) is 9.59 Å². The lowest BCUT2D eigenvalue weighted by Gasteiger charge is -2.12. The van der Waals surface area contributed by atoms with Gasteiger partial charge in [-0.15, -0.1) is 0 Å². The number of carbonyl (C=O) groups excluding carboxylic acids is 2. The van der Waals surface area contributed by atoms with E-state index in [0.29, 0.717) is 24.2 Å². The summed E-state index contributed by atoms with van der Waals surface area (Å²) in [6.45, 7) is 9.22. The van der Waals surface area contributed by atoms with E-state index < -0.39 is 5.97 Å². The van der Waals surface area contributed by atoms with Crippen LogP contribution in [0.1, 0.15) is 27.2 Å². The molecule has 0 aromatic heterocycles. The van der Waals surface area contributed by atoms with Crippen LogP contribution < -0.4 is 0 Å². The molecule has 4 heteroatoms. The van der Waals surface area contributed by atoms with Crippen molar-refractivity contribution in [1.82, 2.24) is 0 Å². The first-order valence-corrected chi connectivity index (χ1v) is 5.20. The molecule has 0 fully saturated rings. The van der Waals surface area contributed by atoms with Crippen molar-refractivity contribution in [2.75, 3.05) is 6.61 Å². The van der Waals surface area contributed by atoms with Gasteiger partial charge in [-0.2, -0.15) is 0 Å². The minimum absolute atomic E-state index is 0.299. The number of hydrogen-bond donors (Lipinski definition) is 0. The van der Waals surface area contributed by atoms with Gasteiger partial charge in [-0.3, -0.25) is 0 Å². The van der Waals surface area contributed by atoms with Crippen LogP contribution >= 0.6 is 0 Å². The molecular formula is C12H16O4. The third-order valence-electron chi connectivity index (χ3n) is 2.63. The first-order chi connectivity index (χ1) is 7.47. The maximum atomic E-state index is 11.3. The van der Waals surface area contributed by atoms with Crippen LogP contribution in [-0.2, 0) is 19.1 Å². The highest BCUT2D eigenvalue weighted by molar-refractivity contribution is 5.92. The molecule has 1 rings (SSSR count). The van der Waals surface area contributed by atoms with Crippen molar-refractivity contribution in [2.24, 2.45) is 0 Å². The van der Waals surface area contributed by atoms with E-state index in [0.717, 1.165) is 5.57 Å². The van der Waals surface area contributed by atoms with E-state index in [1.807, 2.05) is 6.92 Å². The van der Waals surface area contributed by atoms with Gasteiger partial charge >= 0.3 is 11.9 Å². The number of carbonyl (C=O) groups is 2. The van der Waals surface area contributed by atoms with Crippen molar-refractivity contribution < 1.29 is 19.1 Å². The lowest BCUT2D eigenvalue weighted by molar-refractivity contribution is -0.142. The Morgan fingerprint density at radius 2 is 2.12 bits per heavy atom. The third kappa shape index (κ3) is 2.51. The van der Waals surface area contributed by atoms with Gasteiger partial charge in [0, 0.05) is 17.6 Å². The molecule has 0 aromatic carbocycles. The van der Waals surface area contributed by atoms with Crippen molar-refractivity contribution >= 4 is 11.9 Å². The molecule has 0 bridgehead atoms. The average molecular weight is 224 g/mol. The Hall–Kier alpha value is -1.58. The molecule has 0 saturated carbocycles. The fourth-order valence-corrected chi connectivity index (χ4v) is 1.44. The lowest BCUT2D eigenvalue weighted by Crippen LogP contribution is -2.16. The van der Waals surface area contributed by atoms with Crippen LogP contribution in [0.5, 0.6) is 0 Å². The molecule has 1 aliphatic rings. The minimum Gasteiger partial charge on any atom is -0.463 e. The van der Waals surface area contributed by atoms with E-state index in [-0.39, 0.29) is 12.1 Å². The molecule has 1 atom stereocenters. The predicted molar refractivity (Wildman–Crippen MR) is 58.6 cm³/mol. The number of hydrogen-bond acceptors (Lipinski definition) is 4. The normalized spacial score (nSPS) is 19.7. The molecule has 0 aromatic rings. The molecule has 0 N–H and O–H groups in total. The summed E-state index contributed by atoms with van der Waals surface area (Å²) < 4.78 is 9.91. The van der Waals surface area contributed by atoms with E-state index in [1.54, 1.807) is 13.8 Å². The first-order valence-electron chi connectivity index (χ1n) is 5.20. The summed E-state index contributed by atoms with van der Waals surface area (Å²) in [4.78, 5) is 22.6. The Kier molecular flexibility index (Phi) is 3.88. The van der Waals surface area contributed by atoms with Crippen molar-refractivity contribution in [3.05, 3.63) is 23.3 Å².